The molecule has 2 heterocycles. The fourth-order valence-corrected chi connectivity index (χ4v) is 2.57. The van der Waals surface area contributed by atoms with E-state index >= 15 is 0 Å². The Kier molecular flexibility index (Phi) is 3.46. The lowest BCUT2D eigenvalue weighted by molar-refractivity contribution is 0.0378. The Bertz CT molecular complexity index is 609. The van der Waals surface area contributed by atoms with Crippen molar-refractivity contribution in [3.63, 3.8) is 0 Å². The van der Waals surface area contributed by atoms with Gasteiger partial charge >= 0.3 is 0 Å². The summed E-state index contributed by atoms with van der Waals surface area (Å²) in [6, 6.07) is 9.57. The molecule has 5 heteroatoms. The molecule has 0 amide bonds. The fourth-order valence-electron chi connectivity index (χ4n) is 2.57. The van der Waals surface area contributed by atoms with Gasteiger partial charge in [-0.1, -0.05) is 0 Å². The monoisotopic (exact) mass is 273 g/mol. The minimum atomic E-state index is -0.327. The van der Waals surface area contributed by atoms with Gasteiger partial charge in [0.05, 0.1) is 17.7 Å². The van der Waals surface area contributed by atoms with Gasteiger partial charge in [-0.15, -0.1) is 0 Å². The molecule has 1 fully saturated rings. The Morgan fingerprint density at radius 2 is 2.05 bits per heavy atom. The number of fused-ring (bicyclic) bond motifs is 1. The van der Waals surface area contributed by atoms with Gasteiger partial charge in [-0.25, -0.2) is 4.98 Å². The van der Waals surface area contributed by atoms with Crippen LogP contribution >= 0.6 is 0 Å². The number of nitrogens with two attached hydrogens (primary N) is 1. The third-order valence-electron chi connectivity index (χ3n) is 3.86. The summed E-state index contributed by atoms with van der Waals surface area (Å²) in [4.78, 5) is 4.58. The van der Waals surface area contributed by atoms with Crippen molar-refractivity contribution in [3.8, 4) is 0 Å². The number of hydrogen-bond acceptors (Lipinski definition) is 5. The number of aliphatic hydroxyl groups excluding tert-OH is 1. The van der Waals surface area contributed by atoms with Gasteiger partial charge in [-0.05, 0) is 43.2 Å². The maximum absolute atomic E-state index is 9.69. The Balaban J connectivity index is 1.88. The number of benzene rings is 1. The first kappa shape index (κ1) is 13.1. The summed E-state index contributed by atoms with van der Waals surface area (Å²) >= 11 is 0. The molecule has 4 N–H and O–H groups in total. The van der Waals surface area contributed by atoms with Crippen molar-refractivity contribution in [3.05, 3.63) is 30.3 Å². The van der Waals surface area contributed by atoms with Crippen molar-refractivity contribution < 1.29 is 9.84 Å². The second kappa shape index (κ2) is 5.26. The van der Waals surface area contributed by atoms with E-state index in [2.05, 4.69) is 10.3 Å². The van der Waals surface area contributed by atoms with E-state index in [1.165, 1.54) is 0 Å². The van der Waals surface area contributed by atoms with Crippen molar-refractivity contribution in [2.45, 2.75) is 18.4 Å². The average molecular weight is 273 g/mol. The maximum atomic E-state index is 9.69. The fraction of sp³-hybridized carbons (Fsp3) is 0.400. The normalized spacial score (nSPS) is 18.1. The molecule has 0 spiro atoms. The van der Waals surface area contributed by atoms with Crippen LogP contribution in [0.4, 0.5) is 11.5 Å². The van der Waals surface area contributed by atoms with Crippen molar-refractivity contribution >= 4 is 22.4 Å². The molecule has 3 rings (SSSR count). The van der Waals surface area contributed by atoms with Crippen LogP contribution in [0.1, 0.15) is 12.8 Å². The van der Waals surface area contributed by atoms with Crippen molar-refractivity contribution in [2.24, 2.45) is 0 Å². The lowest BCUT2D eigenvalue weighted by atomic mass is 9.91. The quantitative estimate of drug-likeness (QED) is 0.743. The molecule has 1 saturated heterocycles. The molecule has 0 radical (unpaired) electrons. The Morgan fingerprint density at radius 3 is 2.80 bits per heavy atom. The summed E-state index contributed by atoms with van der Waals surface area (Å²) in [5.41, 5.74) is 7.06. The van der Waals surface area contributed by atoms with Crippen molar-refractivity contribution in [1.29, 1.82) is 0 Å². The van der Waals surface area contributed by atoms with E-state index in [0.717, 1.165) is 35.2 Å². The van der Waals surface area contributed by atoms with Crippen LogP contribution in [0, 0.1) is 0 Å². The molecule has 106 valence electrons. The lowest BCUT2D eigenvalue weighted by Gasteiger charge is -2.36. The standard InChI is InChI=1S/C15H19N3O2/c16-12-2-3-13-11(9-12)1-4-14(17-13)18-15(10-19)5-7-20-8-6-15/h1-4,9,19H,5-8,10,16H2,(H,17,18). The van der Waals surface area contributed by atoms with E-state index in [1.807, 2.05) is 30.3 Å². The average Bonchev–Trinajstić information content (AvgIpc) is 2.48. The van der Waals surface area contributed by atoms with E-state index in [4.69, 9.17) is 10.5 Å². The van der Waals surface area contributed by atoms with E-state index in [1.54, 1.807) is 0 Å². The third-order valence-corrected chi connectivity index (χ3v) is 3.86. The summed E-state index contributed by atoms with van der Waals surface area (Å²) in [7, 11) is 0. The van der Waals surface area contributed by atoms with E-state index in [0.29, 0.717) is 13.2 Å². The second-order valence-electron chi connectivity index (χ2n) is 5.32. The summed E-state index contributed by atoms with van der Waals surface area (Å²) in [5.74, 6) is 0.776. The Labute approximate surface area is 117 Å². The predicted octanol–water partition coefficient (Wildman–Crippen LogP) is 1.77. The molecule has 1 aromatic carbocycles. The highest BCUT2D eigenvalue weighted by Gasteiger charge is 2.32. The van der Waals surface area contributed by atoms with E-state index < -0.39 is 0 Å². The van der Waals surface area contributed by atoms with Crippen LogP contribution < -0.4 is 11.1 Å². The summed E-state index contributed by atoms with van der Waals surface area (Å²) < 4.78 is 5.36. The maximum Gasteiger partial charge on any atom is 0.127 e. The molecule has 0 unspecified atom stereocenters. The van der Waals surface area contributed by atoms with Gasteiger partial charge in [0, 0.05) is 24.3 Å². The zero-order valence-corrected chi connectivity index (χ0v) is 11.3. The first-order valence-electron chi connectivity index (χ1n) is 6.84. The molecule has 1 aliphatic heterocycles. The molecule has 20 heavy (non-hydrogen) atoms. The number of anilines is 2. The number of ether oxygens (including phenoxy) is 1. The van der Waals surface area contributed by atoms with Crippen LogP contribution in [0.15, 0.2) is 30.3 Å². The number of nitrogens with one attached hydrogen (secondary N) is 1. The number of hydrogen-bond donors (Lipinski definition) is 3. The molecule has 2 aromatic rings. The largest absolute Gasteiger partial charge is 0.399 e. The molecule has 5 nitrogen and oxygen atoms in total. The van der Waals surface area contributed by atoms with Gasteiger partial charge in [0.15, 0.2) is 0 Å². The van der Waals surface area contributed by atoms with Gasteiger partial charge in [0.25, 0.3) is 0 Å². The zero-order valence-electron chi connectivity index (χ0n) is 11.3. The number of rotatable bonds is 3. The minimum absolute atomic E-state index is 0.0812. The zero-order chi connectivity index (χ0) is 14.0. The molecule has 1 aromatic heterocycles. The molecule has 0 saturated carbocycles. The number of aromatic nitrogens is 1. The van der Waals surface area contributed by atoms with Crippen LogP contribution in [-0.2, 0) is 4.74 Å². The van der Waals surface area contributed by atoms with E-state index in [-0.39, 0.29) is 12.1 Å². The van der Waals surface area contributed by atoms with Crippen LogP contribution in [0.2, 0.25) is 0 Å². The van der Waals surface area contributed by atoms with Gasteiger partial charge in [0.1, 0.15) is 5.82 Å². The minimum Gasteiger partial charge on any atom is -0.399 e. The van der Waals surface area contributed by atoms with Gasteiger partial charge in [-0.2, -0.15) is 0 Å². The predicted molar refractivity (Wildman–Crippen MR) is 79.6 cm³/mol. The van der Waals surface area contributed by atoms with Crippen LogP contribution in [0.5, 0.6) is 0 Å². The highest BCUT2D eigenvalue weighted by molar-refractivity contribution is 5.83. The molecule has 1 aliphatic rings. The topological polar surface area (TPSA) is 80.4 Å². The highest BCUT2D eigenvalue weighted by atomic mass is 16.5. The number of nitrogens with zero attached hydrogens (tertiary/aromatic N) is 1. The van der Waals surface area contributed by atoms with Gasteiger partial charge in [0.2, 0.25) is 0 Å². The third kappa shape index (κ3) is 2.55. The molecule has 0 atom stereocenters. The van der Waals surface area contributed by atoms with Gasteiger partial charge in [-0.3, -0.25) is 0 Å². The first-order valence-corrected chi connectivity index (χ1v) is 6.84. The Morgan fingerprint density at radius 1 is 1.25 bits per heavy atom. The highest BCUT2D eigenvalue weighted by Crippen LogP contribution is 2.26. The summed E-state index contributed by atoms with van der Waals surface area (Å²) in [5, 5.41) is 14.1. The summed E-state index contributed by atoms with van der Waals surface area (Å²) in [6.07, 6.45) is 1.57. The first-order chi connectivity index (χ1) is 9.71. The summed E-state index contributed by atoms with van der Waals surface area (Å²) in [6.45, 7) is 1.41. The van der Waals surface area contributed by atoms with Crippen molar-refractivity contribution in [2.75, 3.05) is 30.9 Å². The molecular weight excluding hydrogens is 254 g/mol. The molecule has 0 aliphatic carbocycles. The van der Waals surface area contributed by atoms with Crippen LogP contribution in [0.25, 0.3) is 10.9 Å². The van der Waals surface area contributed by atoms with Crippen molar-refractivity contribution in [1.82, 2.24) is 4.98 Å². The second-order valence-corrected chi connectivity index (χ2v) is 5.32. The smallest absolute Gasteiger partial charge is 0.127 e. The Hall–Kier alpha value is -1.85. The van der Waals surface area contributed by atoms with E-state index in [9.17, 15) is 5.11 Å². The number of pyridine rings is 1. The lowest BCUT2D eigenvalue weighted by Crippen LogP contribution is -2.47. The number of aliphatic hydroxyl groups is 1. The molecule has 0 bridgehead atoms. The molecular formula is C15H19N3O2. The van der Waals surface area contributed by atoms with Gasteiger partial charge < -0.3 is 20.9 Å². The number of nitrogen functional groups attached to an aromatic ring is 1. The van der Waals surface area contributed by atoms with Crippen LogP contribution in [-0.4, -0.2) is 35.5 Å². The SMILES string of the molecule is Nc1ccc2nc(NC3(CO)CCOCC3)ccc2c1. The van der Waals surface area contributed by atoms with Crippen LogP contribution in [0.3, 0.4) is 0 Å².